The molecule has 2 aromatic carbocycles. The third-order valence-electron chi connectivity index (χ3n) is 3.59. The molecule has 0 radical (unpaired) electrons. The lowest BCUT2D eigenvalue weighted by atomic mass is 10.1. The van der Waals surface area contributed by atoms with Crippen molar-refractivity contribution >= 4 is 11.8 Å². The fourth-order valence-electron chi connectivity index (χ4n) is 2.12. The molecule has 0 fully saturated rings. The van der Waals surface area contributed by atoms with Gasteiger partial charge in [0, 0.05) is 0 Å². The number of amides is 2. The van der Waals surface area contributed by atoms with Gasteiger partial charge in [-0.25, -0.2) is 0 Å². The summed E-state index contributed by atoms with van der Waals surface area (Å²) in [5, 5.41) is 0. The molecule has 7 heteroatoms. The highest BCUT2D eigenvalue weighted by Gasteiger charge is 2.15. The monoisotopic (exact) mass is 358 g/mol. The average molecular weight is 358 g/mol. The van der Waals surface area contributed by atoms with Crippen LogP contribution in [0.1, 0.15) is 12.5 Å². The molecule has 1 unspecified atom stereocenters. The largest absolute Gasteiger partial charge is 0.497 e. The van der Waals surface area contributed by atoms with Crippen molar-refractivity contribution < 1.29 is 23.8 Å². The van der Waals surface area contributed by atoms with Crippen LogP contribution >= 0.6 is 0 Å². The van der Waals surface area contributed by atoms with Gasteiger partial charge in [0.1, 0.15) is 17.2 Å². The molecule has 0 heterocycles. The van der Waals surface area contributed by atoms with E-state index in [0.717, 1.165) is 5.56 Å². The minimum atomic E-state index is -0.773. The Labute approximate surface area is 152 Å². The van der Waals surface area contributed by atoms with E-state index in [0.29, 0.717) is 17.2 Å². The lowest BCUT2D eigenvalue weighted by Gasteiger charge is -2.15. The number of nitrogens with one attached hydrogen (secondary N) is 2. The van der Waals surface area contributed by atoms with Gasteiger partial charge in [0.05, 0.1) is 20.6 Å². The maximum absolute atomic E-state index is 12.0. The van der Waals surface area contributed by atoms with Crippen molar-refractivity contribution in [1.29, 1.82) is 0 Å². The highest BCUT2D eigenvalue weighted by atomic mass is 16.5. The summed E-state index contributed by atoms with van der Waals surface area (Å²) in [5.41, 5.74) is 5.54. The van der Waals surface area contributed by atoms with E-state index in [9.17, 15) is 9.59 Å². The smallest absolute Gasteiger partial charge is 0.279 e. The normalized spacial score (nSPS) is 11.2. The van der Waals surface area contributed by atoms with Crippen LogP contribution in [0, 0.1) is 0 Å². The molecule has 0 aliphatic rings. The summed E-state index contributed by atoms with van der Waals surface area (Å²) < 4.78 is 15.6. The summed E-state index contributed by atoms with van der Waals surface area (Å²) in [6, 6.07) is 14.0. The Hall–Kier alpha value is -3.22. The maximum Gasteiger partial charge on any atom is 0.279 e. The quantitative estimate of drug-likeness (QED) is 0.738. The molecule has 2 rings (SSSR count). The van der Waals surface area contributed by atoms with Gasteiger partial charge < -0.3 is 14.2 Å². The second kappa shape index (κ2) is 9.31. The van der Waals surface area contributed by atoms with Gasteiger partial charge in [-0.3, -0.25) is 20.4 Å². The number of carbonyl (C=O) groups excluding carboxylic acids is 2. The molecule has 0 spiro atoms. The van der Waals surface area contributed by atoms with E-state index < -0.39 is 12.0 Å². The van der Waals surface area contributed by atoms with Crippen LogP contribution in [0.4, 0.5) is 0 Å². The van der Waals surface area contributed by atoms with Crippen molar-refractivity contribution in [2.75, 3.05) is 14.2 Å². The van der Waals surface area contributed by atoms with E-state index in [2.05, 4.69) is 10.9 Å². The first kappa shape index (κ1) is 19.1. The molecule has 26 heavy (non-hydrogen) atoms. The molecule has 2 amide bonds. The Morgan fingerprint density at radius 2 is 1.35 bits per heavy atom. The SMILES string of the molecule is COc1ccc(CC(=O)NNC(=O)C(C)Oc2ccc(OC)cc2)cc1. The van der Waals surface area contributed by atoms with Crippen molar-refractivity contribution in [3.63, 3.8) is 0 Å². The predicted octanol–water partition coefficient (Wildman–Crippen LogP) is 1.86. The number of rotatable bonds is 7. The summed E-state index contributed by atoms with van der Waals surface area (Å²) in [6.07, 6.45) is -0.637. The molecule has 0 bridgehead atoms. The van der Waals surface area contributed by atoms with Crippen LogP contribution < -0.4 is 25.1 Å². The van der Waals surface area contributed by atoms with E-state index >= 15 is 0 Å². The van der Waals surface area contributed by atoms with Gasteiger partial charge in [-0.1, -0.05) is 12.1 Å². The molecule has 0 aromatic heterocycles. The number of hydrogen-bond donors (Lipinski definition) is 2. The number of benzene rings is 2. The Morgan fingerprint density at radius 1 is 0.846 bits per heavy atom. The van der Waals surface area contributed by atoms with Crippen LogP contribution in [0.5, 0.6) is 17.2 Å². The summed E-state index contributed by atoms with van der Waals surface area (Å²) in [7, 11) is 3.15. The highest BCUT2D eigenvalue weighted by Crippen LogP contribution is 2.18. The number of hydrazine groups is 1. The van der Waals surface area contributed by atoms with Crippen molar-refractivity contribution in [3.05, 3.63) is 54.1 Å². The van der Waals surface area contributed by atoms with Crippen LogP contribution in [0.2, 0.25) is 0 Å². The minimum Gasteiger partial charge on any atom is -0.497 e. The Bertz CT molecular complexity index is 729. The molecule has 1 atom stereocenters. The zero-order valence-corrected chi connectivity index (χ0v) is 14.9. The van der Waals surface area contributed by atoms with Crippen LogP contribution in [-0.4, -0.2) is 32.1 Å². The van der Waals surface area contributed by atoms with Crippen LogP contribution in [-0.2, 0) is 16.0 Å². The average Bonchev–Trinajstić information content (AvgIpc) is 2.67. The number of methoxy groups -OCH3 is 2. The van der Waals surface area contributed by atoms with E-state index in [1.165, 1.54) is 0 Å². The molecule has 2 aromatic rings. The van der Waals surface area contributed by atoms with E-state index in [-0.39, 0.29) is 12.3 Å². The van der Waals surface area contributed by atoms with Crippen molar-refractivity contribution in [1.82, 2.24) is 10.9 Å². The molecular weight excluding hydrogens is 336 g/mol. The van der Waals surface area contributed by atoms with Crippen LogP contribution in [0.3, 0.4) is 0 Å². The highest BCUT2D eigenvalue weighted by molar-refractivity contribution is 5.85. The van der Waals surface area contributed by atoms with E-state index in [4.69, 9.17) is 14.2 Å². The summed E-state index contributed by atoms with van der Waals surface area (Å²) in [5.74, 6) is 1.15. The molecule has 138 valence electrons. The first-order valence-corrected chi connectivity index (χ1v) is 8.04. The number of carbonyl (C=O) groups is 2. The Balaban J connectivity index is 1.77. The molecule has 0 saturated carbocycles. The Kier molecular flexibility index (Phi) is 6.84. The molecule has 0 aliphatic carbocycles. The second-order valence-electron chi connectivity index (χ2n) is 5.50. The summed E-state index contributed by atoms with van der Waals surface area (Å²) in [4.78, 5) is 23.9. The fraction of sp³-hybridized carbons (Fsp3) is 0.263. The van der Waals surface area contributed by atoms with Crippen LogP contribution in [0.15, 0.2) is 48.5 Å². The zero-order valence-electron chi connectivity index (χ0n) is 14.9. The Morgan fingerprint density at radius 3 is 1.88 bits per heavy atom. The van der Waals surface area contributed by atoms with Gasteiger partial charge >= 0.3 is 0 Å². The van der Waals surface area contributed by atoms with Gasteiger partial charge in [0.25, 0.3) is 5.91 Å². The van der Waals surface area contributed by atoms with Crippen molar-refractivity contribution in [2.45, 2.75) is 19.4 Å². The van der Waals surface area contributed by atoms with Gasteiger partial charge in [0.15, 0.2) is 6.10 Å². The first-order valence-electron chi connectivity index (χ1n) is 8.04. The molecule has 2 N–H and O–H groups in total. The predicted molar refractivity (Wildman–Crippen MR) is 96.1 cm³/mol. The maximum atomic E-state index is 12.0. The summed E-state index contributed by atoms with van der Waals surface area (Å²) >= 11 is 0. The molecule has 0 saturated heterocycles. The van der Waals surface area contributed by atoms with Gasteiger partial charge in [-0.05, 0) is 48.9 Å². The minimum absolute atomic E-state index is 0.137. The van der Waals surface area contributed by atoms with E-state index in [1.807, 2.05) is 0 Å². The second-order valence-corrected chi connectivity index (χ2v) is 5.50. The molecule has 0 aliphatic heterocycles. The van der Waals surface area contributed by atoms with E-state index in [1.54, 1.807) is 69.7 Å². The third-order valence-corrected chi connectivity index (χ3v) is 3.59. The zero-order chi connectivity index (χ0) is 18.9. The number of ether oxygens (including phenoxy) is 3. The van der Waals surface area contributed by atoms with Crippen LogP contribution in [0.25, 0.3) is 0 Å². The number of hydrogen-bond acceptors (Lipinski definition) is 5. The first-order chi connectivity index (χ1) is 12.5. The van der Waals surface area contributed by atoms with Gasteiger partial charge in [-0.15, -0.1) is 0 Å². The van der Waals surface area contributed by atoms with Gasteiger partial charge in [0.2, 0.25) is 5.91 Å². The lowest BCUT2D eigenvalue weighted by Crippen LogP contribution is -2.47. The van der Waals surface area contributed by atoms with Crippen molar-refractivity contribution in [3.8, 4) is 17.2 Å². The molecule has 7 nitrogen and oxygen atoms in total. The fourth-order valence-corrected chi connectivity index (χ4v) is 2.12. The lowest BCUT2D eigenvalue weighted by molar-refractivity contribution is -0.132. The summed E-state index contributed by atoms with van der Waals surface area (Å²) in [6.45, 7) is 1.59. The molecular formula is C19H22N2O5. The topological polar surface area (TPSA) is 85.9 Å². The van der Waals surface area contributed by atoms with Gasteiger partial charge in [-0.2, -0.15) is 0 Å². The van der Waals surface area contributed by atoms with Crippen molar-refractivity contribution in [2.24, 2.45) is 0 Å². The third kappa shape index (κ3) is 5.70. The standard InChI is InChI=1S/C19H22N2O5/c1-13(26-17-10-8-16(25-3)9-11-17)19(23)21-20-18(22)12-14-4-6-15(24-2)7-5-14/h4-11,13H,12H2,1-3H3,(H,20,22)(H,21,23).